The van der Waals surface area contributed by atoms with Crippen molar-refractivity contribution in [2.24, 2.45) is 7.05 Å². The van der Waals surface area contributed by atoms with Crippen molar-refractivity contribution in [3.63, 3.8) is 0 Å². The molecule has 0 aromatic carbocycles. The second-order valence-corrected chi connectivity index (χ2v) is 3.94. The zero-order chi connectivity index (χ0) is 13.1. The molecule has 7 nitrogen and oxygen atoms in total. The number of nitrogens with zero attached hydrogens (tertiary/aromatic N) is 4. The molecule has 18 heavy (non-hydrogen) atoms. The monoisotopic (exact) mass is 249 g/mol. The van der Waals surface area contributed by atoms with Gasteiger partial charge in [-0.15, -0.1) is 0 Å². The molecule has 0 aliphatic carbocycles. The molecule has 0 fully saturated rings. The van der Waals surface area contributed by atoms with Crippen molar-refractivity contribution in [1.82, 2.24) is 19.3 Å². The lowest BCUT2D eigenvalue weighted by Gasteiger charge is -2.03. The van der Waals surface area contributed by atoms with Gasteiger partial charge in [0.05, 0.1) is 19.6 Å². The van der Waals surface area contributed by atoms with Gasteiger partial charge in [0.25, 0.3) is 0 Å². The van der Waals surface area contributed by atoms with E-state index in [2.05, 4.69) is 14.8 Å². The average Bonchev–Trinajstić information content (AvgIpc) is 2.92. The molecule has 0 bridgehead atoms. The highest BCUT2D eigenvalue weighted by molar-refractivity contribution is 5.91. The topological polar surface area (TPSA) is 88.0 Å². The Morgan fingerprint density at radius 1 is 1.56 bits per heavy atom. The molecular formula is C11H15N5O2. The normalized spacial score (nSPS) is 10.6. The van der Waals surface area contributed by atoms with Crippen molar-refractivity contribution in [2.75, 3.05) is 12.8 Å². The summed E-state index contributed by atoms with van der Waals surface area (Å²) in [5, 5.41) is 4.08. The standard InChI is InChI=1S/C11H15N5O2/c1-15-6-8(5-14-15)3-4-16-7-13-9(10(16)12)11(17)18-2/h5-7H,3-4,12H2,1-2H3. The number of imidazole rings is 1. The summed E-state index contributed by atoms with van der Waals surface area (Å²) < 4.78 is 8.05. The molecule has 7 heteroatoms. The summed E-state index contributed by atoms with van der Waals surface area (Å²) in [6.07, 6.45) is 6.05. The lowest BCUT2D eigenvalue weighted by atomic mass is 10.2. The van der Waals surface area contributed by atoms with Crippen LogP contribution in [-0.4, -0.2) is 32.4 Å². The first-order valence-corrected chi connectivity index (χ1v) is 5.48. The van der Waals surface area contributed by atoms with Crippen LogP contribution in [0.2, 0.25) is 0 Å². The third kappa shape index (κ3) is 2.34. The van der Waals surface area contributed by atoms with Gasteiger partial charge in [0.1, 0.15) is 5.82 Å². The fourth-order valence-electron chi connectivity index (χ4n) is 1.67. The fraction of sp³-hybridized carbons (Fsp3) is 0.364. The third-order valence-corrected chi connectivity index (χ3v) is 2.66. The number of nitrogen functional groups attached to an aromatic ring is 1. The maximum Gasteiger partial charge on any atom is 0.360 e. The van der Waals surface area contributed by atoms with Gasteiger partial charge in [0.15, 0.2) is 5.69 Å². The van der Waals surface area contributed by atoms with Crippen LogP contribution >= 0.6 is 0 Å². The molecule has 0 unspecified atom stereocenters. The van der Waals surface area contributed by atoms with E-state index in [4.69, 9.17) is 5.73 Å². The highest BCUT2D eigenvalue weighted by Crippen LogP contribution is 2.12. The summed E-state index contributed by atoms with van der Waals surface area (Å²) in [5.74, 6) is -0.196. The van der Waals surface area contributed by atoms with Gasteiger partial charge >= 0.3 is 5.97 Å². The Labute approximate surface area is 104 Å². The van der Waals surface area contributed by atoms with Crippen LogP contribution in [0.15, 0.2) is 18.7 Å². The smallest absolute Gasteiger partial charge is 0.360 e. The van der Waals surface area contributed by atoms with Crippen molar-refractivity contribution in [3.8, 4) is 0 Å². The van der Waals surface area contributed by atoms with Crippen LogP contribution in [-0.2, 0) is 24.8 Å². The Balaban J connectivity index is 2.06. The first-order chi connectivity index (χ1) is 8.61. The zero-order valence-corrected chi connectivity index (χ0v) is 10.3. The van der Waals surface area contributed by atoms with Crippen LogP contribution in [0.25, 0.3) is 0 Å². The molecule has 0 saturated carbocycles. The molecule has 0 radical (unpaired) electrons. The van der Waals surface area contributed by atoms with Crippen LogP contribution in [0.4, 0.5) is 5.82 Å². The Morgan fingerprint density at radius 3 is 2.94 bits per heavy atom. The van der Waals surface area contributed by atoms with E-state index in [9.17, 15) is 4.79 Å². The zero-order valence-electron chi connectivity index (χ0n) is 10.3. The number of hydrogen-bond acceptors (Lipinski definition) is 5. The van der Waals surface area contributed by atoms with Crippen molar-refractivity contribution in [1.29, 1.82) is 0 Å². The predicted molar refractivity (Wildman–Crippen MR) is 64.9 cm³/mol. The summed E-state index contributed by atoms with van der Waals surface area (Å²) in [6.45, 7) is 0.640. The SMILES string of the molecule is COC(=O)c1ncn(CCc2cnn(C)c2)c1N. The fourth-order valence-corrected chi connectivity index (χ4v) is 1.67. The minimum atomic E-state index is -0.521. The first kappa shape index (κ1) is 12.2. The molecule has 2 aromatic heterocycles. The molecular weight excluding hydrogens is 234 g/mol. The second-order valence-electron chi connectivity index (χ2n) is 3.94. The second kappa shape index (κ2) is 4.91. The number of anilines is 1. The van der Waals surface area contributed by atoms with Gasteiger partial charge in [-0.1, -0.05) is 0 Å². The Morgan fingerprint density at radius 2 is 2.33 bits per heavy atom. The van der Waals surface area contributed by atoms with Crippen molar-refractivity contribution in [3.05, 3.63) is 30.0 Å². The van der Waals surface area contributed by atoms with Gasteiger partial charge in [-0.2, -0.15) is 5.10 Å². The molecule has 0 atom stereocenters. The number of ether oxygens (including phenoxy) is 1. The van der Waals surface area contributed by atoms with Crippen LogP contribution < -0.4 is 5.73 Å². The Hall–Kier alpha value is -2.31. The Bertz CT molecular complexity index is 558. The van der Waals surface area contributed by atoms with Gasteiger partial charge in [0.2, 0.25) is 0 Å². The maximum atomic E-state index is 11.3. The maximum absolute atomic E-state index is 11.3. The van der Waals surface area contributed by atoms with E-state index in [-0.39, 0.29) is 5.69 Å². The van der Waals surface area contributed by atoms with E-state index in [1.165, 1.54) is 13.4 Å². The number of esters is 1. The highest BCUT2D eigenvalue weighted by atomic mass is 16.5. The van der Waals surface area contributed by atoms with Crippen LogP contribution in [0.1, 0.15) is 16.1 Å². The molecule has 96 valence electrons. The van der Waals surface area contributed by atoms with E-state index in [0.29, 0.717) is 12.4 Å². The molecule has 0 aliphatic heterocycles. The summed E-state index contributed by atoms with van der Waals surface area (Å²) in [4.78, 5) is 15.3. The lowest BCUT2D eigenvalue weighted by Crippen LogP contribution is -2.09. The van der Waals surface area contributed by atoms with E-state index >= 15 is 0 Å². The summed E-state index contributed by atoms with van der Waals surface area (Å²) >= 11 is 0. The minimum Gasteiger partial charge on any atom is -0.464 e. The van der Waals surface area contributed by atoms with Gasteiger partial charge in [-0.25, -0.2) is 9.78 Å². The molecule has 0 saturated heterocycles. The molecule has 2 rings (SSSR count). The summed E-state index contributed by atoms with van der Waals surface area (Å²) in [5.41, 5.74) is 7.09. The van der Waals surface area contributed by atoms with Crippen molar-refractivity contribution in [2.45, 2.75) is 13.0 Å². The molecule has 0 amide bonds. The summed E-state index contributed by atoms with van der Waals surface area (Å²) in [7, 11) is 3.17. The van der Waals surface area contributed by atoms with E-state index in [0.717, 1.165) is 12.0 Å². The highest BCUT2D eigenvalue weighted by Gasteiger charge is 2.15. The third-order valence-electron chi connectivity index (χ3n) is 2.66. The average molecular weight is 249 g/mol. The van der Waals surface area contributed by atoms with Crippen LogP contribution in [0.3, 0.4) is 0 Å². The number of aryl methyl sites for hydroxylation is 3. The number of hydrogen-bond donors (Lipinski definition) is 1. The van der Waals surface area contributed by atoms with Gasteiger partial charge in [-0.3, -0.25) is 4.68 Å². The summed E-state index contributed by atoms with van der Waals surface area (Å²) in [6, 6.07) is 0. The van der Waals surface area contributed by atoms with E-state index < -0.39 is 5.97 Å². The van der Waals surface area contributed by atoms with Crippen LogP contribution in [0, 0.1) is 0 Å². The molecule has 2 heterocycles. The Kier molecular flexibility index (Phi) is 3.31. The largest absolute Gasteiger partial charge is 0.464 e. The van der Waals surface area contributed by atoms with E-state index in [1.807, 2.05) is 13.2 Å². The van der Waals surface area contributed by atoms with Gasteiger partial charge in [0, 0.05) is 19.8 Å². The quantitative estimate of drug-likeness (QED) is 0.783. The molecule has 2 aromatic rings. The van der Waals surface area contributed by atoms with Crippen LogP contribution in [0.5, 0.6) is 0 Å². The predicted octanol–water partition coefficient (Wildman–Crippen LogP) is 0.228. The first-order valence-electron chi connectivity index (χ1n) is 5.48. The van der Waals surface area contributed by atoms with Gasteiger partial charge in [-0.05, 0) is 12.0 Å². The van der Waals surface area contributed by atoms with E-state index in [1.54, 1.807) is 15.4 Å². The number of rotatable bonds is 4. The minimum absolute atomic E-state index is 0.156. The number of nitrogens with two attached hydrogens (primary N) is 1. The number of aromatic nitrogens is 4. The van der Waals surface area contributed by atoms with Crippen molar-refractivity contribution >= 4 is 11.8 Å². The molecule has 0 aliphatic rings. The number of methoxy groups -OCH3 is 1. The molecule has 2 N–H and O–H groups in total. The van der Waals surface area contributed by atoms with Crippen molar-refractivity contribution < 1.29 is 9.53 Å². The number of carbonyl (C=O) groups excluding carboxylic acids is 1. The van der Waals surface area contributed by atoms with Gasteiger partial charge < -0.3 is 15.0 Å². The number of carbonyl (C=O) groups is 1. The lowest BCUT2D eigenvalue weighted by molar-refractivity contribution is 0.0596. The molecule has 0 spiro atoms.